The molecule has 1 aromatic carbocycles. The number of benzene rings is 1. The van der Waals surface area contributed by atoms with Gasteiger partial charge in [0, 0.05) is 32.5 Å². The summed E-state index contributed by atoms with van der Waals surface area (Å²) in [7, 11) is 0. The Kier molecular flexibility index (Phi) is 54.9. The molecule has 0 aromatic heterocycles. The molecule has 0 spiro atoms. The van der Waals surface area contributed by atoms with Gasteiger partial charge in [0.05, 0.1) is 13.1 Å². The maximum Gasteiger partial charge on any atom is 0.317 e. The number of aliphatic hydroxyl groups is 1. The molecular weight excluding hydrogens is 975 g/mol. The number of carbonyl (C=O) groups is 5. The van der Waals surface area contributed by atoms with Crippen molar-refractivity contribution < 1.29 is 44.4 Å². The second-order valence-electron chi connectivity index (χ2n) is 17.1. The van der Waals surface area contributed by atoms with E-state index in [2.05, 4.69) is 96.8 Å². The van der Waals surface area contributed by atoms with Crippen molar-refractivity contribution >= 4 is 70.9 Å². The fourth-order valence-corrected chi connectivity index (χ4v) is 7.75. The van der Waals surface area contributed by atoms with Crippen LogP contribution in [0.3, 0.4) is 0 Å². The molecule has 2 rings (SSSR count). The van der Waals surface area contributed by atoms with E-state index in [0.717, 1.165) is 55.9 Å². The maximum atomic E-state index is 12.1. The number of aliphatic carboxylic acids is 3. The summed E-state index contributed by atoms with van der Waals surface area (Å²) in [6.45, 7) is 30.1. The van der Waals surface area contributed by atoms with Crippen LogP contribution in [-0.2, 0) is 24.0 Å². The molecule has 1 aliphatic rings. The molecule has 0 aliphatic carbocycles. The quantitative estimate of drug-likeness (QED) is 0.0321. The fraction of sp³-hybridized carbons (Fsp3) is 0.740. The van der Waals surface area contributed by atoms with Gasteiger partial charge in [0.2, 0.25) is 5.91 Å². The van der Waals surface area contributed by atoms with Gasteiger partial charge in [-0.2, -0.15) is 0 Å². The van der Waals surface area contributed by atoms with Gasteiger partial charge in [0.25, 0.3) is 0 Å². The average Bonchev–Trinajstić information content (AvgIpc) is 3.29. The van der Waals surface area contributed by atoms with Crippen LogP contribution in [0.25, 0.3) is 0 Å². The number of nitrogens with zero attached hydrogens (tertiary/aromatic N) is 4. The van der Waals surface area contributed by atoms with Crippen molar-refractivity contribution in [1.29, 1.82) is 0 Å². The zero-order valence-corrected chi connectivity index (χ0v) is 48.0. The van der Waals surface area contributed by atoms with E-state index in [9.17, 15) is 24.0 Å². The summed E-state index contributed by atoms with van der Waals surface area (Å²) >= 11 is -1.58. The number of amides is 2. The molecule has 397 valence electrons. The zero-order chi connectivity index (χ0) is 53.5. The third-order valence-electron chi connectivity index (χ3n) is 9.34. The number of primary amides is 1. The maximum absolute atomic E-state index is 12.1. The van der Waals surface area contributed by atoms with Crippen LogP contribution in [0.1, 0.15) is 173 Å². The summed E-state index contributed by atoms with van der Waals surface area (Å²) in [4.78, 5) is 60.9. The molecule has 1 radical (unpaired) electrons. The normalized spacial score (nSPS) is 11.4. The van der Waals surface area contributed by atoms with Crippen LogP contribution in [0.4, 0.5) is 5.69 Å². The van der Waals surface area contributed by atoms with Crippen LogP contribution >= 0.6 is 0 Å². The monoisotopic (exact) mass is 1080 g/mol. The SMILES string of the molecule is CC.CC(C)CCC(=O)Nc1cc(C2=NNC=NN2)c[c]([Sn]([CH3])[CH3])c1.CC(C)CCO.CCC(=O)O.CCC(=O)O.CCCCCC(C)CC.CCCN(CCN(CCC)CC(=O)O)CC(N)=O. The number of hydrogen-bond acceptors (Lipinski definition) is 12. The van der Waals surface area contributed by atoms with Gasteiger partial charge < -0.3 is 26.2 Å². The van der Waals surface area contributed by atoms with Crippen LogP contribution < -0.4 is 25.5 Å². The van der Waals surface area contributed by atoms with Crippen LogP contribution in [0, 0.1) is 17.8 Å². The number of hydrazone groups is 2. The summed E-state index contributed by atoms with van der Waals surface area (Å²) in [6.07, 6.45) is 13.2. The van der Waals surface area contributed by atoms with Gasteiger partial charge in [0.1, 0.15) is 0 Å². The zero-order valence-electron chi connectivity index (χ0n) is 45.2. The fourth-order valence-electron chi connectivity index (χ4n) is 5.21. The molecule has 17 nitrogen and oxygen atoms in total. The Morgan fingerprint density at radius 1 is 0.721 bits per heavy atom. The smallest absolute Gasteiger partial charge is 0.317 e. The van der Waals surface area contributed by atoms with Gasteiger partial charge >= 0.3 is 162 Å². The van der Waals surface area contributed by atoms with Crippen molar-refractivity contribution in [2.24, 2.45) is 33.7 Å². The number of amidine groups is 1. The molecule has 1 atom stereocenters. The van der Waals surface area contributed by atoms with Crippen molar-refractivity contribution in [2.45, 2.75) is 177 Å². The van der Waals surface area contributed by atoms with E-state index < -0.39 is 37.7 Å². The van der Waals surface area contributed by atoms with E-state index in [-0.39, 0.29) is 37.7 Å². The predicted octanol–water partition coefficient (Wildman–Crippen LogP) is 8.43. The number of rotatable bonds is 26. The van der Waals surface area contributed by atoms with E-state index in [1.54, 1.807) is 13.8 Å². The molecule has 1 heterocycles. The topological polar surface area (TPSA) is 260 Å². The van der Waals surface area contributed by atoms with Crippen LogP contribution in [-0.4, -0.2) is 138 Å². The number of aliphatic hydroxyl groups excluding tert-OH is 1. The summed E-state index contributed by atoms with van der Waals surface area (Å²) in [5, 5.41) is 43.7. The first-order valence-electron chi connectivity index (χ1n) is 24.9. The number of anilines is 1. The van der Waals surface area contributed by atoms with E-state index in [1.807, 2.05) is 43.6 Å². The Morgan fingerprint density at radius 2 is 1.24 bits per heavy atom. The largest absolute Gasteiger partial charge is 0.481 e. The molecule has 1 aromatic rings. The molecule has 0 saturated carbocycles. The Morgan fingerprint density at radius 3 is 1.59 bits per heavy atom. The molecule has 0 fully saturated rings. The Balaban J connectivity index is -0.000000259. The number of nitrogens with one attached hydrogen (secondary N) is 3. The predicted molar refractivity (Wildman–Crippen MR) is 285 cm³/mol. The summed E-state index contributed by atoms with van der Waals surface area (Å²) in [5.41, 5.74) is 12.6. The molecule has 9 N–H and O–H groups in total. The van der Waals surface area contributed by atoms with Gasteiger partial charge in [0.15, 0.2) is 0 Å². The minimum atomic E-state index is -1.58. The van der Waals surface area contributed by atoms with Crippen molar-refractivity contribution in [3.63, 3.8) is 0 Å². The number of nitrogens with two attached hydrogens (primary N) is 1. The second-order valence-corrected chi connectivity index (χ2v) is 24.4. The molecule has 68 heavy (non-hydrogen) atoms. The summed E-state index contributed by atoms with van der Waals surface area (Å²) < 4.78 is 1.34. The van der Waals surface area contributed by atoms with E-state index >= 15 is 0 Å². The molecule has 0 bridgehead atoms. The average molecular weight is 1080 g/mol. The van der Waals surface area contributed by atoms with Crippen molar-refractivity contribution in [2.75, 3.05) is 51.2 Å². The van der Waals surface area contributed by atoms with Crippen LogP contribution in [0.2, 0.25) is 9.88 Å². The van der Waals surface area contributed by atoms with Gasteiger partial charge in [-0.1, -0.05) is 108 Å². The van der Waals surface area contributed by atoms with E-state index in [0.29, 0.717) is 43.8 Å². The molecular formula is C50H99N8O9Sn. The number of unbranched alkanes of at least 4 members (excludes halogenated alkanes) is 2. The van der Waals surface area contributed by atoms with Crippen molar-refractivity contribution in [1.82, 2.24) is 20.7 Å². The van der Waals surface area contributed by atoms with Crippen LogP contribution in [0.15, 0.2) is 28.4 Å². The van der Waals surface area contributed by atoms with Crippen molar-refractivity contribution in [3.8, 4) is 0 Å². The summed E-state index contributed by atoms with van der Waals surface area (Å²) in [6, 6.07) is 6.19. The molecule has 18 heteroatoms. The molecule has 1 aliphatic heterocycles. The minimum absolute atomic E-state index is 0.0460. The van der Waals surface area contributed by atoms with E-state index in [4.69, 9.17) is 26.2 Å². The Hall–Kier alpha value is -3.81. The standard InChI is InChI=1S/C14H18N5O.C12H25N3O3.C9H20.C5H12O.2C3H6O2.C2H6.2CH3.Sn/c1-10(2)6-7-13(20)17-12-5-3-4-11(8-12)14-18-15-9-16-19-14;1-3-5-14(9-11(13)16)7-8-15(6-4-2)10-12(17)18;1-4-6-7-8-9(3)5-2;1-5(2)3-4-6;2*1-2-3(4)5;1-2;;;/h4-5,8-10H,6-7H2,1-2H3,(H,15,16)(H,17,20)(H,18,19);3-10H2,1-2H3,(H2,13,16)(H,17,18);9H,4-8H2,1-3H3;5-6H,3-4H2,1-2H3;2*2H2,1H3,(H,4,5);1-2H3;2*1H3;. The second kappa shape index (κ2) is 51.0. The van der Waals surface area contributed by atoms with Gasteiger partial charge in [-0.25, -0.2) is 0 Å². The van der Waals surface area contributed by atoms with E-state index in [1.165, 1.54) is 42.0 Å². The number of carbonyl (C=O) groups excluding carboxylic acids is 2. The number of carboxylic acids is 3. The number of hydrogen-bond donors (Lipinski definition) is 8. The Bertz CT molecular complexity index is 1440. The molecule has 2 amide bonds. The van der Waals surface area contributed by atoms with Crippen LogP contribution in [0.5, 0.6) is 0 Å². The van der Waals surface area contributed by atoms with Gasteiger partial charge in [-0.15, -0.1) is 0 Å². The van der Waals surface area contributed by atoms with Gasteiger partial charge in [-0.05, 0) is 44.2 Å². The third-order valence-corrected chi connectivity index (χ3v) is 13.5. The van der Waals surface area contributed by atoms with Gasteiger partial charge in [-0.3, -0.25) is 29.0 Å². The molecule has 1 unspecified atom stereocenters. The van der Waals surface area contributed by atoms with Crippen molar-refractivity contribution in [3.05, 3.63) is 23.8 Å². The first-order valence-corrected chi connectivity index (χ1v) is 32.1. The summed E-state index contributed by atoms with van der Waals surface area (Å²) in [5.74, 6) is 0.203. The Labute approximate surface area is 419 Å². The third kappa shape index (κ3) is 53.1. The first kappa shape index (κ1) is 73.2. The minimum Gasteiger partial charge on any atom is -0.481 e. The first-order chi connectivity index (χ1) is 32.1. The molecule has 0 saturated heterocycles. The number of carboxylic acid groups (broad SMARTS) is 3.